The second-order valence-corrected chi connectivity index (χ2v) is 7.55. The highest BCUT2D eigenvalue weighted by Crippen LogP contribution is 2.32. The minimum Gasteiger partial charge on any atom is -0.466 e. The Morgan fingerprint density at radius 3 is 2.43 bits per heavy atom. The van der Waals surface area contributed by atoms with E-state index in [1.54, 1.807) is 37.3 Å². The van der Waals surface area contributed by atoms with Gasteiger partial charge in [0.05, 0.1) is 24.2 Å². The summed E-state index contributed by atoms with van der Waals surface area (Å²) in [7, 11) is 1.52. The van der Waals surface area contributed by atoms with E-state index >= 15 is 0 Å². The predicted octanol–water partition coefficient (Wildman–Crippen LogP) is 4.01. The number of ether oxygens (including phenoxy) is 2. The molecule has 28 heavy (non-hydrogen) atoms. The summed E-state index contributed by atoms with van der Waals surface area (Å²) in [4.78, 5) is 37.5. The number of Topliss-reactive ketones (excluding diaryl/α,β-unsaturated/α-hetero) is 1. The van der Waals surface area contributed by atoms with Crippen LogP contribution in [0.15, 0.2) is 48.5 Å². The van der Waals surface area contributed by atoms with Crippen LogP contribution in [0.5, 0.6) is 5.75 Å². The van der Waals surface area contributed by atoms with Crippen LogP contribution in [0.1, 0.15) is 34.1 Å². The van der Waals surface area contributed by atoms with Gasteiger partial charge < -0.3 is 9.47 Å². The minimum atomic E-state index is -1.45. The molecule has 1 unspecified atom stereocenters. The van der Waals surface area contributed by atoms with Crippen molar-refractivity contribution >= 4 is 45.3 Å². The van der Waals surface area contributed by atoms with Crippen molar-refractivity contribution < 1.29 is 23.9 Å². The van der Waals surface area contributed by atoms with E-state index in [0.29, 0.717) is 5.56 Å². The molecule has 8 heteroatoms. The van der Waals surface area contributed by atoms with Gasteiger partial charge in [-0.05, 0) is 44.3 Å². The van der Waals surface area contributed by atoms with Crippen molar-refractivity contribution in [3.05, 3.63) is 64.7 Å². The van der Waals surface area contributed by atoms with Gasteiger partial charge in [-0.15, -0.1) is 0 Å². The van der Waals surface area contributed by atoms with Crippen LogP contribution < -0.4 is 10.1 Å². The number of alkyl halides is 1. The van der Waals surface area contributed by atoms with Crippen LogP contribution in [-0.2, 0) is 9.53 Å². The minimum absolute atomic E-state index is 0.0335. The average Bonchev–Trinajstić information content (AvgIpc) is 2.69. The molecule has 148 valence electrons. The molecule has 0 fully saturated rings. The van der Waals surface area contributed by atoms with E-state index < -0.39 is 22.2 Å². The molecule has 0 spiro atoms. The second kappa shape index (κ2) is 9.82. The molecule has 0 radical (unpaired) electrons. The lowest BCUT2D eigenvalue weighted by molar-refractivity contribution is -0.143. The Kier molecular flexibility index (Phi) is 7.74. The Hall–Kier alpha value is -2.22. The smallest absolute Gasteiger partial charge is 0.343 e. The van der Waals surface area contributed by atoms with Gasteiger partial charge >= 0.3 is 11.9 Å². The highest BCUT2D eigenvalue weighted by atomic mass is 79.9. The first-order chi connectivity index (χ1) is 13.3. The fraction of sp³-hybridized carbons (Fsp3) is 0.250. The van der Waals surface area contributed by atoms with Crippen molar-refractivity contribution in [1.29, 1.82) is 0 Å². The zero-order valence-corrected chi connectivity index (χ0v) is 17.7. The highest BCUT2D eigenvalue weighted by Gasteiger charge is 2.39. The third-order valence-electron chi connectivity index (χ3n) is 3.85. The van der Waals surface area contributed by atoms with Gasteiger partial charge in [-0.25, -0.2) is 4.79 Å². The zero-order valence-electron chi connectivity index (χ0n) is 15.3. The number of nitrogens with one attached hydrogen (secondary N) is 1. The molecule has 2 aromatic carbocycles. The second-order valence-electron chi connectivity index (χ2n) is 5.76. The maximum Gasteiger partial charge on any atom is 0.343 e. The molecule has 2 aromatic rings. The van der Waals surface area contributed by atoms with Crippen molar-refractivity contribution in [1.82, 2.24) is 5.32 Å². The van der Waals surface area contributed by atoms with Crippen molar-refractivity contribution in [2.45, 2.75) is 17.8 Å². The molecule has 0 aromatic heterocycles. The van der Waals surface area contributed by atoms with Gasteiger partial charge in [-0.3, -0.25) is 14.9 Å². The number of ketones is 1. The van der Waals surface area contributed by atoms with Crippen LogP contribution in [-0.4, -0.2) is 35.8 Å². The summed E-state index contributed by atoms with van der Waals surface area (Å²) in [5.41, 5.74) is 0.383. The van der Waals surface area contributed by atoms with Crippen molar-refractivity contribution in [2.75, 3.05) is 13.7 Å². The molecule has 0 amide bonds. The molecule has 6 nitrogen and oxygen atoms in total. The summed E-state index contributed by atoms with van der Waals surface area (Å²) in [6.45, 7) is 1.87. The van der Waals surface area contributed by atoms with Crippen LogP contribution >= 0.6 is 27.5 Å². The van der Waals surface area contributed by atoms with E-state index in [1.807, 2.05) is 0 Å². The van der Waals surface area contributed by atoms with Gasteiger partial charge in [0.25, 0.3) is 0 Å². The van der Waals surface area contributed by atoms with Crippen LogP contribution in [0, 0.1) is 0 Å². The van der Waals surface area contributed by atoms with Gasteiger partial charge in [0.2, 0.25) is 0 Å². The number of benzene rings is 2. The zero-order chi connectivity index (χ0) is 20.7. The fourth-order valence-electron chi connectivity index (χ4n) is 2.41. The molecular weight excluding hydrogens is 450 g/mol. The Bertz CT molecular complexity index is 874. The van der Waals surface area contributed by atoms with Gasteiger partial charge in [0.15, 0.2) is 5.78 Å². The number of likely N-dealkylation sites (N-methyl/N-ethyl adjacent to an activating group) is 1. The molecular formula is C20H19BrClNO5. The van der Waals surface area contributed by atoms with Crippen molar-refractivity contribution in [3.8, 4) is 5.75 Å². The SMILES string of the molecule is CCOC(=O)CC(Br)(NC)C(=O)c1cc(Cl)ccc1OC(=O)c1ccccc1. The van der Waals surface area contributed by atoms with Crippen LogP contribution in [0.4, 0.5) is 0 Å². The average molecular weight is 469 g/mol. The normalized spacial score (nSPS) is 12.7. The third-order valence-corrected chi connectivity index (χ3v) is 5.12. The maximum absolute atomic E-state index is 13.2. The van der Waals surface area contributed by atoms with Crippen LogP contribution in [0.3, 0.4) is 0 Å². The van der Waals surface area contributed by atoms with E-state index in [4.69, 9.17) is 21.1 Å². The van der Waals surface area contributed by atoms with E-state index in [-0.39, 0.29) is 29.4 Å². The summed E-state index contributed by atoms with van der Waals surface area (Å²) in [6, 6.07) is 12.7. The summed E-state index contributed by atoms with van der Waals surface area (Å²) in [5, 5.41) is 3.06. The van der Waals surface area contributed by atoms with Crippen LogP contribution in [0.2, 0.25) is 5.02 Å². The largest absolute Gasteiger partial charge is 0.466 e. The molecule has 0 aliphatic rings. The molecule has 1 N–H and O–H groups in total. The Morgan fingerprint density at radius 2 is 1.82 bits per heavy atom. The molecule has 0 bridgehead atoms. The van der Waals surface area contributed by atoms with Gasteiger partial charge in [-0.1, -0.05) is 45.7 Å². The van der Waals surface area contributed by atoms with Gasteiger partial charge in [-0.2, -0.15) is 0 Å². The third kappa shape index (κ3) is 5.41. The number of rotatable bonds is 8. The summed E-state index contributed by atoms with van der Waals surface area (Å²) >= 11 is 9.33. The molecule has 0 saturated carbocycles. The molecule has 0 heterocycles. The first-order valence-corrected chi connectivity index (χ1v) is 9.63. The van der Waals surface area contributed by atoms with Crippen molar-refractivity contribution in [2.24, 2.45) is 0 Å². The van der Waals surface area contributed by atoms with E-state index in [9.17, 15) is 14.4 Å². The Morgan fingerprint density at radius 1 is 1.14 bits per heavy atom. The van der Waals surface area contributed by atoms with E-state index in [0.717, 1.165) is 0 Å². The summed E-state index contributed by atoms with van der Waals surface area (Å²) in [6.07, 6.45) is -0.269. The highest BCUT2D eigenvalue weighted by molar-refractivity contribution is 9.10. The van der Waals surface area contributed by atoms with E-state index in [1.165, 1.54) is 25.2 Å². The molecule has 0 saturated heterocycles. The molecule has 0 aliphatic carbocycles. The number of carbonyl (C=O) groups excluding carboxylic acids is 3. The number of hydrogen-bond acceptors (Lipinski definition) is 6. The number of esters is 2. The van der Waals surface area contributed by atoms with Crippen molar-refractivity contribution in [3.63, 3.8) is 0 Å². The predicted molar refractivity (Wildman–Crippen MR) is 109 cm³/mol. The molecule has 2 rings (SSSR count). The fourth-order valence-corrected chi connectivity index (χ4v) is 3.02. The maximum atomic E-state index is 13.2. The lowest BCUT2D eigenvalue weighted by Gasteiger charge is -2.25. The first-order valence-electron chi connectivity index (χ1n) is 8.45. The molecule has 1 atom stereocenters. The summed E-state index contributed by atoms with van der Waals surface area (Å²) < 4.78 is 8.90. The number of halogens is 2. The quantitative estimate of drug-likeness (QED) is 0.207. The number of hydrogen-bond donors (Lipinski definition) is 1. The standard InChI is InChI=1S/C20H19BrClNO5/c1-3-27-17(24)12-20(21,23-2)18(25)15-11-14(22)9-10-16(15)28-19(26)13-7-5-4-6-8-13/h4-11,23H,3,12H2,1-2H3. The van der Waals surface area contributed by atoms with Gasteiger partial charge in [0.1, 0.15) is 10.2 Å². The lowest BCUT2D eigenvalue weighted by Crippen LogP contribution is -2.46. The summed E-state index contributed by atoms with van der Waals surface area (Å²) in [5.74, 6) is -1.67. The topological polar surface area (TPSA) is 81.7 Å². The number of carbonyl (C=O) groups is 3. The first kappa shape index (κ1) is 22.1. The van der Waals surface area contributed by atoms with E-state index in [2.05, 4.69) is 21.2 Å². The Balaban J connectivity index is 2.35. The van der Waals surface area contributed by atoms with Crippen LogP contribution in [0.25, 0.3) is 0 Å². The monoisotopic (exact) mass is 467 g/mol. The lowest BCUT2D eigenvalue weighted by atomic mass is 10.0. The molecule has 0 aliphatic heterocycles. The Labute approximate surface area is 176 Å². The van der Waals surface area contributed by atoms with Gasteiger partial charge in [0, 0.05) is 5.02 Å².